The van der Waals surface area contributed by atoms with Crippen LogP contribution in [0.3, 0.4) is 0 Å². The highest BCUT2D eigenvalue weighted by atomic mass is 16.4. The third kappa shape index (κ3) is 2.29. The average Bonchev–Trinajstić information content (AvgIpc) is 2.70. The standard InChI is InChI=1S/C12H20N2O3/c1-12(2,13)6-10(15)14-7-3-4-9(14)8(5-7)11(16)17/h7-9H,3-6,13H2,1-2H3,(H,16,17). The fourth-order valence-corrected chi connectivity index (χ4v) is 3.12. The minimum atomic E-state index is -0.776. The predicted octanol–water partition coefficient (Wildman–Crippen LogP) is 0.578. The molecule has 2 aliphatic heterocycles. The Bertz CT molecular complexity index is 348. The Balaban J connectivity index is 2.08. The van der Waals surface area contributed by atoms with E-state index in [4.69, 9.17) is 10.8 Å². The van der Waals surface area contributed by atoms with Crippen molar-refractivity contribution in [3.8, 4) is 0 Å². The Labute approximate surface area is 101 Å². The van der Waals surface area contributed by atoms with Gasteiger partial charge in [0.15, 0.2) is 0 Å². The summed E-state index contributed by atoms with van der Waals surface area (Å²) in [6.07, 6.45) is 2.65. The SMILES string of the molecule is CC(C)(N)CC(=O)N1C2CCC1C(C(=O)O)C2. The molecule has 2 heterocycles. The first-order chi connectivity index (χ1) is 7.79. The van der Waals surface area contributed by atoms with Gasteiger partial charge in [0, 0.05) is 24.0 Å². The van der Waals surface area contributed by atoms with Crippen molar-refractivity contribution in [2.24, 2.45) is 11.7 Å². The van der Waals surface area contributed by atoms with Crippen LogP contribution in [0.15, 0.2) is 0 Å². The van der Waals surface area contributed by atoms with Crippen LogP contribution in [0, 0.1) is 5.92 Å². The molecule has 96 valence electrons. The van der Waals surface area contributed by atoms with Gasteiger partial charge in [-0.25, -0.2) is 0 Å². The summed E-state index contributed by atoms with van der Waals surface area (Å²) in [5.41, 5.74) is 5.32. The molecule has 0 aromatic heterocycles. The van der Waals surface area contributed by atoms with Crippen molar-refractivity contribution in [2.75, 3.05) is 0 Å². The summed E-state index contributed by atoms with van der Waals surface area (Å²) in [5, 5.41) is 9.10. The highest BCUT2D eigenvalue weighted by Crippen LogP contribution is 2.42. The molecule has 3 unspecified atom stereocenters. The number of hydrogen-bond acceptors (Lipinski definition) is 3. The second-order valence-corrected chi connectivity index (χ2v) is 5.95. The molecule has 5 heteroatoms. The maximum absolute atomic E-state index is 12.1. The molecule has 3 atom stereocenters. The second kappa shape index (κ2) is 3.98. The van der Waals surface area contributed by atoms with Gasteiger partial charge < -0.3 is 15.7 Å². The molecular formula is C12H20N2O3. The molecule has 2 aliphatic rings. The Hall–Kier alpha value is -1.10. The van der Waals surface area contributed by atoms with Crippen LogP contribution in [-0.2, 0) is 9.59 Å². The van der Waals surface area contributed by atoms with Crippen LogP contribution in [0.4, 0.5) is 0 Å². The number of carboxylic acid groups (broad SMARTS) is 1. The smallest absolute Gasteiger partial charge is 0.308 e. The van der Waals surface area contributed by atoms with Gasteiger partial charge in [-0.3, -0.25) is 9.59 Å². The van der Waals surface area contributed by atoms with Gasteiger partial charge in [0.1, 0.15) is 0 Å². The van der Waals surface area contributed by atoms with E-state index < -0.39 is 11.5 Å². The minimum absolute atomic E-state index is 0.00810. The molecule has 2 rings (SSSR count). The number of nitrogens with two attached hydrogens (primary N) is 1. The van der Waals surface area contributed by atoms with E-state index in [0.29, 0.717) is 6.42 Å². The summed E-state index contributed by atoms with van der Waals surface area (Å²) in [6.45, 7) is 3.63. The number of aliphatic carboxylic acids is 1. The molecule has 0 saturated carbocycles. The number of carbonyl (C=O) groups excluding carboxylic acids is 1. The number of nitrogens with zero attached hydrogens (tertiary/aromatic N) is 1. The number of rotatable bonds is 3. The first kappa shape index (κ1) is 12.4. The number of fused-ring (bicyclic) bond motifs is 2. The zero-order chi connectivity index (χ0) is 12.8. The van der Waals surface area contributed by atoms with Crippen molar-refractivity contribution in [1.29, 1.82) is 0 Å². The highest BCUT2D eigenvalue weighted by molar-refractivity contribution is 5.81. The van der Waals surface area contributed by atoms with Crippen molar-refractivity contribution in [3.05, 3.63) is 0 Å². The van der Waals surface area contributed by atoms with Gasteiger partial charge in [0.05, 0.1) is 5.92 Å². The molecule has 1 amide bonds. The zero-order valence-electron chi connectivity index (χ0n) is 10.3. The lowest BCUT2D eigenvalue weighted by Crippen LogP contribution is -2.44. The zero-order valence-corrected chi connectivity index (χ0v) is 10.3. The molecule has 17 heavy (non-hydrogen) atoms. The van der Waals surface area contributed by atoms with Crippen molar-refractivity contribution in [3.63, 3.8) is 0 Å². The van der Waals surface area contributed by atoms with Crippen LogP contribution < -0.4 is 5.73 Å². The van der Waals surface area contributed by atoms with E-state index in [-0.39, 0.29) is 30.3 Å². The lowest BCUT2D eigenvalue weighted by molar-refractivity contribution is -0.143. The number of amides is 1. The number of carbonyl (C=O) groups is 2. The lowest BCUT2D eigenvalue weighted by Gasteiger charge is -2.27. The quantitative estimate of drug-likeness (QED) is 0.755. The first-order valence-corrected chi connectivity index (χ1v) is 6.12. The van der Waals surface area contributed by atoms with E-state index in [1.165, 1.54) is 0 Å². The maximum Gasteiger partial charge on any atom is 0.308 e. The van der Waals surface area contributed by atoms with Crippen LogP contribution in [0.25, 0.3) is 0 Å². The van der Waals surface area contributed by atoms with Crippen LogP contribution >= 0.6 is 0 Å². The Kier molecular flexibility index (Phi) is 2.89. The normalized spacial score (nSPS) is 31.9. The predicted molar refractivity (Wildman–Crippen MR) is 62.3 cm³/mol. The van der Waals surface area contributed by atoms with Gasteiger partial charge in [0.2, 0.25) is 5.91 Å². The molecular weight excluding hydrogens is 220 g/mol. The molecule has 3 N–H and O–H groups in total. The van der Waals surface area contributed by atoms with Gasteiger partial charge in [-0.2, -0.15) is 0 Å². The Morgan fingerprint density at radius 2 is 2.06 bits per heavy atom. The molecule has 2 saturated heterocycles. The van der Waals surface area contributed by atoms with Gasteiger partial charge in [0.25, 0.3) is 0 Å². The first-order valence-electron chi connectivity index (χ1n) is 6.12. The van der Waals surface area contributed by atoms with E-state index >= 15 is 0 Å². The van der Waals surface area contributed by atoms with Gasteiger partial charge in [-0.15, -0.1) is 0 Å². The van der Waals surface area contributed by atoms with E-state index in [9.17, 15) is 9.59 Å². The molecule has 2 fully saturated rings. The van der Waals surface area contributed by atoms with Gasteiger partial charge in [-0.1, -0.05) is 0 Å². The molecule has 5 nitrogen and oxygen atoms in total. The van der Waals surface area contributed by atoms with Crippen LogP contribution in [0.1, 0.15) is 39.5 Å². The van der Waals surface area contributed by atoms with Crippen molar-refractivity contribution < 1.29 is 14.7 Å². The molecule has 0 spiro atoms. The van der Waals surface area contributed by atoms with Crippen LogP contribution in [-0.4, -0.2) is 39.5 Å². The Morgan fingerprint density at radius 3 is 2.53 bits per heavy atom. The van der Waals surface area contributed by atoms with Crippen LogP contribution in [0.5, 0.6) is 0 Å². The highest BCUT2D eigenvalue weighted by Gasteiger charge is 2.51. The van der Waals surface area contributed by atoms with Gasteiger partial charge in [-0.05, 0) is 33.1 Å². The third-order valence-electron chi connectivity index (χ3n) is 3.75. The van der Waals surface area contributed by atoms with E-state index in [2.05, 4.69) is 0 Å². The van der Waals surface area contributed by atoms with E-state index in [1.54, 1.807) is 4.90 Å². The summed E-state index contributed by atoms with van der Waals surface area (Å²) >= 11 is 0. The third-order valence-corrected chi connectivity index (χ3v) is 3.75. The summed E-state index contributed by atoms with van der Waals surface area (Å²) in [4.78, 5) is 25.0. The van der Waals surface area contributed by atoms with Gasteiger partial charge >= 0.3 is 5.97 Å². The summed E-state index contributed by atoms with van der Waals surface area (Å²) in [5.74, 6) is -1.14. The summed E-state index contributed by atoms with van der Waals surface area (Å²) < 4.78 is 0. The fourth-order valence-electron chi connectivity index (χ4n) is 3.12. The van der Waals surface area contributed by atoms with E-state index in [1.807, 2.05) is 13.8 Å². The molecule has 0 aromatic carbocycles. The summed E-state index contributed by atoms with van der Waals surface area (Å²) in [7, 11) is 0. The topological polar surface area (TPSA) is 83.6 Å². The lowest BCUT2D eigenvalue weighted by atomic mass is 9.89. The van der Waals surface area contributed by atoms with Crippen molar-refractivity contribution in [1.82, 2.24) is 4.90 Å². The molecule has 0 aromatic rings. The Morgan fingerprint density at radius 1 is 1.41 bits per heavy atom. The van der Waals surface area contributed by atoms with Crippen molar-refractivity contribution in [2.45, 2.75) is 57.2 Å². The monoisotopic (exact) mass is 240 g/mol. The number of carboxylic acids is 1. The maximum atomic E-state index is 12.1. The minimum Gasteiger partial charge on any atom is -0.481 e. The average molecular weight is 240 g/mol. The second-order valence-electron chi connectivity index (χ2n) is 5.95. The fraction of sp³-hybridized carbons (Fsp3) is 0.833. The summed E-state index contributed by atoms with van der Waals surface area (Å²) in [6, 6.07) is 0.0169. The molecule has 0 radical (unpaired) electrons. The molecule has 0 aliphatic carbocycles. The van der Waals surface area contributed by atoms with Crippen LogP contribution in [0.2, 0.25) is 0 Å². The molecule has 2 bridgehead atoms. The van der Waals surface area contributed by atoms with Crippen molar-refractivity contribution >= 4 is 11.9 Å². The number of hydrogen-bond donors (Lipinski definition) is 2. The largest absolute Gasteiger partial charge is 0.481 e. The van der Waals surface area contributed by atoms with E-state index in [0.717, 1.165) is 12.8 Å².